The summed E-state index contributed by atoms with van der Waals surface area (Å²) in [5.41, 5.74) is 2.48. The summed E-state index contributed by atoms with van der Waals surface area (Å²) in [6, 6.07) is 19.9. The van der Waals surface area contributed by atoms with Crippen molar-refractivity contribution < 1.29 is 13.2 Å². The SMILES string of the molecule is CN(C(=O)c1ccc(S(N)(=O)=O)c(Cl)c1)C(Cc1ccc(Br)cc1)Cc1ccc(Br)cc1. The molecule has 0 heterocycles. The number of sulfonamides is 1. The fourth-order valence-corrected chi connectivity index (χ4v) is 4.99. The largest absolute Gasteiger partial charge is 0.338 e. The van der Waals surface area contributed by atoms with Crippen LogP contribution < -0.4 is 5.14 Å². The van der Waals surface area contributed by atoms with Crippen LogP contribution in [0.15, 0.2) is 80.6 Å². The van der Waals surface area contributed by atoms with E-state index in [0.29, 0.717) is 18.4 Å². The predicted molar refractivity (Wildman–Crippen MR) is 134 cm³/mol. The molecule has 0 spiro atoms. The van der Waals surface area contributed by atoms with Crippen LogP contribution in [0.4, 0.5) is 0 Å². The zero-order chi connectivity index (χ0) is 23.5. The standard InChI is InChI=1S/C23H21Br2ClN2O3S/c1-28(23(29)17-6-11-22(21(26)14-17)32(27,30)31)20(12-15-2-7-18(24)8-3-15)13-16-4-9-19(25)10-5-16/h2-11,14,20H,12-13H2,1H3,(H2,27,30,31). The minimum atomic E-state index is -3.97. The van der Waals surface area contributed by atoms with Crippen LogP contribution in [0.2, 0.25) is 5.02 Å². The average molecular weight is 601 g/mol. The molecule has 32 heavy (non-hydrogen) atoms. The van der Waals surface area contributed by atoms with Gasteiger partial charge < -0.3 is 4.90 Å². The van der Waals surface area contributed by atoms with E-state index in [1.54, 1.807) is 11.9 Å². The van der Waals surface area contributed by atoms with E-state index in [4.69, 9.17) is 16.7 Å². The molecular formula is C23H21Br2ClN2O3S. The normalized spacial score (nSPS) is 11.6. The summed E-state index contributed by atoms with van der Waals surface area (Å²) in [6.07, 6.45) is 1.29. The summed E-state index contributed by atoms with van der Waals surface area (Å²) in [7, 11) is -2.22. The lowest BCUT2D eigenvalue weighted by Gasteiger charge is -2.29. The maximum absolute atomic E-state index is 13.3. The highest BCUT2D eigenvalue weighted by atomic mass is 79.9. The number of rotatable bonds is 7. The lowest BCUT2D eigenvalue weighted by atomic mass is 9.97. The Morgan fingerprint density at radius 1 is 0.938 bits per heavy atom. The molecule has 3 aromatic carbocycles. The van der Waals surface area contributed by atoms with Crippen LogP contribution in [-0.2, 0) is 22.9 Å². The van der Waals surface area contributed by atoms with E-state index >= 15 is 0 Å². The number of hydrogen-bond acceptors (Lipinski definition) is 3. The molecule has 9 heteroatoms. The van der Waals surface area contributed by atoms with Gasteiger partial charge in [0.05, 0.1) is 5.02 Å². The molecule has 0 atom stereocenters. The number of carbonyl (C=O) groups excluding carboxylic acids is 1. The Labute approximate surface area is 209 Å². The lowest BCUT2D eigenvalue weighted by Crippen LogP contribution is -2.40. The van der Waals surface area contributed by atoms with E-state index in [-0.39, 0.29) is 21.9 Å². The number of benzene rings is 3. The maximum atomic E-state index is 13.3. The molecule has 0 aromatic heterocycles. The van der Waals surface area contributed by atoms with Gasteiger partial charge in [-0.15, -0.1) is 0 Å². The van der Waals surface area contributed by atoms with Crippen molar-refractivity contribution in [2.24, 2.45) is 5.14 Å². The molecule has 0 saturated heterocycles. The van der Waals surface area contributed by atoms with Crippen LogP contribution in [0, 0.1) is 0 Å². The Hall–Kier alpha value is -1.71. The van der Waals surface area contributed by atoms with Crippen LogP contribution in [0.3, 0.4) is 0 Å². The molecule has 0 aliphatic rings. The molecule has 0 aliphatic heterocycles. The Balaban J connectivity index is 1.89. The van der Waals surface area contributed by atoms with Gasteiger partial charge in [-0.1, -0.05) is 67.7 Å². The molecule has 2 N–H and O–H groups in total. The van der Waals surface area contributed by atoms with Gasteiger partial charge >= 0.3 is 0 Å². The fraction of sp³-hybridized carbons (Fsp3) is 0.174. The second-order valence-electron chi connectivity index (χ2n) is 7.42. The first-order valence-corrected chi connectivity index (χ1v) is 13.1. The molecule has 5 nitrogen and oxygen atoms in total. The number of halogens is 3. The minimum Gasteiger partial charge on any atom is -0.338 e. The first-order chi connectivity index (χ1) is 15.0. The van der Waals surface area contributed by atoms with Crippen LogP contribution in [0.25, 0.3) is 0 Å². The third-order valence-electron chi connectivity index (χ3n) is 5.12. The van der Waals surface area contributed by atoms with Gasteiger partial charge in [0, 0.05) is 27.6 Å². The number of hydrogen-bond donors (Lipinski definition) is 1. The first-order valence-electron chi connectivity index (χ1n) is 9.63. The zero-order valence-electron chi connectivity index (χ0n) is 17.1. The van der Waals surface area contributed by atoms with Gasteiger partial charge in [-0.2, -0.15) is 0 Å². The van der Waals surface area contributed by atoms with Crippen molar-refractivity contribution in [1.29, 1.82) is 0 Å². The lowest BCUT2D eigenvalue weighted by molar-refractivity contribution is 0.0730. The van der Waals surface area contributed by atoms with Gasteiger partial charge in [0.15, 0.2) is 0 Å². The number of carbonyl (C=O) groups is 1. The van der Waals surface area contributed by atoms with Crippen LogP contribution in [-0.4, -0.2) is 32.3 Å². The highest BCUT2D eigenvalue weighted by Crippen LogP contribution is 2.24. The second kappa shape index (κ2) is 10.5. The summed E-state index contributed by atoms with van der Waals surface area (Å²) in [5.74, 6) is -0.257. The monoisotopic (exact) mass is 598 g/mol. The topological polar surface area (TPSA) is 80.5 Å². The zero-order valence-corrected chi connectivity index (χ0v) is 21.9. The summed E-state index contributed by atoms with van der Waals surface area (Å²) in [4.78, 5) is 14.7. The molecule has 0 bridgehead atoms. The molecule has 0 fully saturated rings. The van der Waals surface area contributed by atoms with Crippen molar-refractivity contribution in [2.75, 3.05) is 7.05 Å². The van der Waals surface area contributed by atoms with Gasteiger partial charge in [0.2, 0.25) is 10.0 Å². The maximum Gasteiger partial charge on any atom is 0.253 e. The number of amides is 1. The third-order valence-corrected chi connectivity index (χ3v) is 7.57. The molecule has 168 valence electrons. The highest BCUT2D eigenvalue weighted by molar-refractivity contribution is 9.10. The Morgan fingerprint density at radius 3 is 1.81 bits per heavy atom. The molecule has 0 aliphatic carbocycles. The van der Waals surface area contributed by atoms with Gasteiger partial charge in [0.1, 0.15) is 4.90 Å². The van der Waals surface area contributed by atoms with Gasteiger partial charge in [-0.05, 0) is 66.4 Å². The van der Waals surface area contributed by atoms with Gasteiger partial charge in [-0.25, -0.2) is 13.6 Å². The van der Waals surface area contributed by atoms with E-state index in [9.17, 15) is 13.2 Å². The molecule has 3 aromatic rings. The van der Waals surface area contributed by atoms with E-state index in [1.807, 2.05) is 48.5 Å². The summed E-state index contributed by atoms with van der Waals surface area (Å²) in [5, 5.41) is 5.09. The van der Waals surface area contributed by atoms with E-state index < -0.39 is 10.0 Å². The minimum absolute atomic E-state index is 0.0795. The van der Waals surface area contributed by atoms with E-state index in [0.717, 1.165) is 20.1 Å². The van der Waals surface area contributed by atoms with Crippen LogP contribution in [0.1, 0.15) is 21.5 Å². The number of likely N-dealkylation sites (N-methyl/N-ethyl adjacent to an activating group) is 1. The Kier molecular flexibility index (Phi) is 8.16. The molecule has 0 saturated carbocycles. The molecule has 0 radical (unpaired) electrons. The number of nitrogens with two attached hydrogens (primary N) is 1. The van der Waals surface area contributed by atoms with Gasteiger partial charge in [0.25, 0.3) is 5.91 Å². The van der Waals surface area contributed by atoms with Crippen molar-refractivity contribution >= 4 is 59.4 Å². The van der Waals surface area contributed by atoms with Crippen LogP contribution in [0.5, 0.6) is 0 Å². The Bertz CT molecular complexity index is 1170. The van der Waals surface area contributed by atoms with Crippen molar-refractivity contribution in [2.45, 2.75) is 23.8 Å². The summed E-state index contributed by atoms with van der Waals surface area (Å²) in [6.45, 7) is 0. The number of nitrogens with zero attached hydrogens (tertiary/aromatic N) is 1. The third kappa shape index (κ3) is 6.42. The van der Waals surface area contributed by atoms with Crippen molar-refractivity contribution in [3.63, 3.8) is 0 Å². The smallest absolute Gasteiger partial charge is 0.253 e. The molecule has 0 unspecified atom stereocenters. The predicted octanol–water partition coefficient (Wildman–Crippen LogP) is 5.44. The summed E-state index contributed by atoms with van der Waals surface area (Å²) < 4.78 is 25.2. The van der Waals surface area contributed by atoms with Gasteiger partial charge in [-0.3, -0.25) is 4.79 Å². The van der Waals surface area contributed by atoms with E-state index in [1.165, 1.54) is 18.2 Å². The molecule has 3 rings (SSSR count). The molecule has 1 amide bonds. The van der Waals surface area contributed by atoms with Crippen molar-refractivity contribution in [3.8, 4) is 0 Å². The van der Waals surface area contributed by atoms with Crippen LogP contribution >= 0.6 is 43.5 Å². The second-order valence-corrected chi connectivity index (χ2v) is 11.2. The average Bonchev–Trinajstić information content (AvgIpc) is 2.74. The highest BCUT2D eigenvalue weighted by Gasteiger charge is 2.24. The fourth-order valence-electron chi connectivity index (χ4n) is 3.37. The summed E-state index contributed by atoms with van der Waals surface area (Å²) >= 11 is 13.0. The quantitative estimate of drug-likeness (QED) is 0.392. The Morgan fingerprint density at radius 2 is 1.41 bits per heavy atom. The molecular weight excluding hydrogens is 580 g/mol. The van der Waals surface area contributed by atoms with Crippen molar-refractivity contribution in [1.82, 2.24) is 4.90 Å². The van der Waals surface area contributed by atoms with Crippen molar-refractivity contribution in [3.05, 3.63) is 97.4 Å². The number of primary sulfonamides is 1. The first kappa shape index (κ1) is 24.9. The van der Waals surface area contributed by atoms with E-state index in [2.05, 4.69) is 31.9 Å².